The van der Waals surface area contributed by atoms with E-state index in [4.69, 9.17) is 4.74 Å². The summed E-state index contributed by atoms with van der Waals surface area (Å²) in [5.74, 6) is 0.209. The Bertz CT molecular complexity index is 520. The van der Waals surface area contributed by atoms with Crippen molar-refractivity contribution in [2.75, 3.05) is 6.61 Å². The smallest absolute Gasteiger partial charge is 0.338 e. The molecule has 0 spiro atoms. The van der Waals surface area contributed by atoms with E-state index in [9.17, 15) is 9.35 Å². The van der Waals surface area contributed by atoms with Crippen LogP contribution in [0.2, 0.25) is 0 Å². The Morgan fingerprint density at radius 1 is 1.35 bits per heavy atom. The Hall–Kier alpha value is -1.04. The van der Waals surface area contributed by atoms with E-state index >= 15 is 0 Å². The van der Waals surface area contributed by atoms with Crippen LogP contribution >= 0.6 is 0 Å². The van der Waals surface area contributed by atoms with Gasteiger partial charge in [0.05, 0.1) is 18.2 Å². The zero-order chi connectivity index (χ0) is 17.0. The van der Waals surface area contributed by atoms with Gasteiger partial charge < -0.3 is 9.29 Å². The second-order valence-corrected chi connectivity index (χ2v) is 9.01. The zero-order valence-corrected chi connectivity index (χ0v) is 15.2. The number of carbonyl (C=O) groups excluding carboxylic acids is 1. The fourth-order valence-electron chi connectivity index (χ4n) is 2.54. The number of carbonyl (C=O) groups is 1. The highest BCUT2D eigenvalue weighted by Gasteiger charge is 2.35. The fourth-order valence-corrected chi connectivity index (χ4v) is 3.46. The second kappa shape index (κ2) is 7.69. The van der Waals surface area contributed by atoms with E-state index in [0.717, 1.165) is 18.4 Å². The maximum Gasteiger partial charge on any atom is 0.338 e. The van der Waals surface area contributed by atoms with Gasteiger partial charge in [-0.25, -0.2) is 4.79 Å². The third kappa shape index (κ3) is 4.72. The van der Waals surface area contributed by atoms with Gasteiger partial charge in [0, 0.05) is 11.4 Å². The number of hydrogen-bond acceptors (Lipinski definition) is 4. The van der Waals surface area contributed by atoms with Crippen LogP contribution in [0.15, 0.2) is 24.3 Å². The van der Waals surface area contributed by atoms with Crippen molar-refractivity contribution in [3.63, 3.8) is 0 Å². The quantitative estimate of drug-likeness (QED) is 0.634. The molecule has 0 aliphatic heterocycles. The summed E-state index contributed by atoms with van der Waals surface area (Å²) in [5.41, 5.74) is 1.64. The Labute approximate surface area is 142 Å². The zero-order valence-electron chi connectivity index (χ0n) is 14.4. The van der Waals surface area contributed by atoms with Crippen LogP contribution in [-0.4, -0.2) is 21.9 Å². The van der Waals surface area contributed by atoms with Gasteiger partial charge >= 0.3 is 5.97 Å². The number of rotatable bonds is 6. The predicted octanol–water partition coefficient (Wildman–Crippen LogP) is 3.76. The van der Waals surface area contributed by atoms with Crippen LogP contribution in [-0.2, 0) is 16.1 Å². The third-order valence-corrected chi connectivity index (χ3v) is 5.77. The molecule has 1 N–H and O–H groups in total. The largest absolute Gasteiger partial charge is 0.598 e. The fraction of sp³-hybridized carbons (Fsp3) is 0.611. The van der Waals surface area contributed by atoms with Gasteiger partial charge in [0.1, 0.15) is 4.75 Å². The normalized spacial score (nSPS) is 18.1. The molecule has 1 aromatic carbocycles. The number of ether oxygens (including phenoxy) is 1. The van der Waals surface area contributed by atoms with Crippen LogP contribution in [0.3, 0.4) is 0 Å². The van der Waals surface area contributed by atoms with Gasteiger partial charge in [0.2, 0.25) is 0 Å². The molecule has 4 nitrogen and oxygen atoms in total. The standard InChI is InChI=1S/C18H27NO3S/c1-5-22-17(20)15-11-9-14(10-12-15)16(13-7-6-8-13)19-23(21)18(2,3)4/h9-13,16,19H,5-8H2,1-4H3/t16?,23-/m1/s1. The molecule has 0 bridgehead atoms. The molecule has 0 saturated heterocycles. The summed E-state index contributed by atoms with van der Waals surface area (Å²) in [5, 5.41) is 0. The average molecular weight is 337 g/mol. The Morgan fingerprint density at radius 2 is 1.96 bits per heavy atom. The first-order valence-electron chi connectivity index (χ1n) is 8.28. The van der Waals surface area contributed by atoms with Crippen LogP contribution in [0.1, 0.15) is 68.9 Å². The van der Waals surface area contributed by atoms with Gasteiger partial charge in [-0.15, -0.1) is 4.72 Å². The van der Waals surface area contributed by atoms with Gasteiger partial charge in [-0.1, -0.05) is 18.6 Å². The highest BCUT2D eigenvalue weighted by atomic mass is 32.2. The van der Waals surface area contributed by atoms with Gasteiger partial charge in [0.25, 0.3) is 0 Å². The van der Waals surface area contributed by atoms with Crippen molar-refractivity contribution in [3.05, 3.63) is 35.4 Å². The van der Waals surface area contributed by atoms with Crippen molar-refractivity contribution in [3.8, 4) is 0 Å². The topological polar surface area (TPSA) is 61.4 Å². The number of esters is 1. The number of nitrogens with one attached hydrogen (secondary N) is 1. The minimum absolute atomic E-state index is 0.0695. The molecule has 0 radical (unpaired) electrons. The molecule has 1 unspecified atom stereocenters. The molecule has 5 heteroatoms. The van der Waals surface area contributed by atoms with Gasteiger partial charge in [-0.2, -0.15) is 0 Å². The Balaban J connectivity index is 2.14. The minimum atomic E-state index is -1.11. The lowest BCUT2D eigenvalue weighted by atomic mass is 9.77. The number of benzene rings is 1. The van der Waals surface area contributed by atoms with Crippen molar-refractivity contribution < 1.29 is 14.1 Å². The molecule has 1 saturated carbocycles. The molecule has 23 heavy (non-hydrogen) atoms. The molecular weight excluding hydrogens is 310 g/mol. The van der Waals surface area contributed by atoms with Gasteiger partial charge in [0.15, 0.2) is 0 Å². The SMILES string of the molecule is CCOC(=O)c1ccc(C(N[S@+]([O-])C(C)(C)C)C2CCC2)cc1. The molecule has 2 atom stereocenters. The Morgan fingerprint density at radius 3 is 2.39 bits per heavy atom. The molecule has 1 aliphatic carbocycles. The van der Waals surface area contributed by atoms with E-state index in [-0.39, 0.29) is 16.8 Å². The summed E-state index contributed by atoms with van der Waals surface area (Å²) in [4.78, 5) is 11.7. The van der Waals surface area contributed by atoms with E-state index in [1.54, 1.807) is 19.1 Å². The van der Waals surface area contributed by atoms with E-state index in [1.165, 1.54) is 6.42 Å². The van der Waals surface area contributed by atoms with Crippen molar-refractivity contribution in [2.45, 2.75) is 57.7 Å². The van der Waals surface area contributed by atoms with Gasteiger partial charge in [-0.05, 0) is 64.2 Å². The maximum absolute atomic E-state index is 12.5. The Kier molecular flexibility index (Phi) is 6.12. The average Bonchev–Trinajstić information content (AvgIpc) is 2.44. The molecule has 1 aromatic rings. The van der Waals surface area contributed by atoms with E-state index < -0.39 is 11.4 Å². The first kappa shape index (κ1) is 18.3. The lowest BCUT2D eigenvalue weighted by molar-refractivity contribution is 0.0526. The second-order valence-electron chi connectivity index (χ2n) is 7.01. The van der Waals surface area contributed by atoms with E-state index in [0.29, 0.717) is 18.1 Å². The molecule has 0 heterocycles. The van der Waals surface area contributed by atoms with Crippen LogP contribution in [0.4, 0.5) is 0 Å². The summed E-state index contributed by atoms with van der Waals surface area (Å²) in [6.07, 6.45) is 3.53. The molecule has 128 valence electrons. The first-order valence-corrected chi connectivity index (χ1v) is 9.43. The highest BCUT2D eigenvalue weighted by Crippen LogP contribution is 2.39. The summed E-state index contributed by atoms with van der Waals surface area (Å²) in [6, 6.07) is 7.55. The molecular formula is C18H27NO3S. The van der Waals surface area contributed by atoms with Crippen LogP contribution < -0.4 is 4.72 Å². The third-order valence-electron chi connectivity index (χ3n) is 4.19. The highest BCUT2D eigenvalue weighted by molar-refractivity contribution is 7.90. The van der Waals surface area contributed by atoms with Crippen LogP contribution in [0.5, 0.6) is 0 Å². The van der Waals surface area contributed by atoms with Crippen molar-refractivity contribution in [1.29, 1.82) is 0 Å². The van der Waals surface area contributed by atoms with Crippen LogP contribution in [0.25, 0.3) is 0 Å². The maximum atomic E-state index is 12.5. The van der Waals surface area contributed by atoms with Crippen molar-refractivity contribution >= 4 is 17.3 Å². The van der Waals surface area contributed by atoms with E-state index in [1.807, 2.05) is 32.9 Å². The molecule has 0 aromatic heterocycles. The van der Waals surface area contributed by atoms with Crippen molar-refractivity contribution in [2.24, 2.45) is 5.92 Å². The number of hydrogen-bond donors (Lipinski definition) is 1. The molecule has 1 fully saturated rings. The first-order chi connectivity index (χ1) is 10.8. The predicted molar refractivity (Wildman–Crippen MR) is 93.5 cm³/mol. The summed E-state index contributed by atoms with van der Waals surface area (Å²) in [7, 11) is 0. The summed E-state index contributed by atoms with van der Waals surface area (Å²) >= 11 is -1.11. The lowest BCUT2D eigenvalue weighted by Crippen LogP contribution is -2.44. The van der Waals surface area contributed by atoms with Gasteiger partial charge in [-0.3, -0.25) is 0 Å². The lowest BCUT2D eigenvalue weighted by Gasteiger charge is -2.36. The van der Waals surface area contributed by atoms with Crippen molar-refractivity contribution in [1.82, 2.24) is 4.72 Å². The van der Waals surface area contributed by atoms with E-state index in [2.05, 4.69) is 4.72 Å². The molecule has 0 amide bonds. The summed E-state index contributed by atoms with van der Waals surface area (Å²) in [6.45, 7) is 8.08. The molecule has 2 rings (SSSR count). The molecule has 1 aliphatic rings. The minimum Gasteiger partial charge on any atom is -0.598 e. The monoisotopic (exact) mass is 337 g/mol. The van der Waals surface area contributed by atoms with Crippen LogP contribution in [0, 0.1) is 5.92 Å². The summed E-state index contributed by atoms with van der Waals surface area (Å²) < 4.78 is 20.5.